The van der Waals surface area contributed by atoms with Gasteiger partial charge in [0.25, 0.3) is 0 Å². The second-order valence-corrected chi connectivity index (χ2v) is 4.48. The van der Waals surface area contributed by atoms with Crippen molar-refractivity contribution in [3.63, 3.8) is 0 Å². The third-order valence-corrected chi connectivity index (χ3v) is 3.10. The standard InChI is InChI=1S/C11H16NP/c1-8-3-2-6-12-11-5-4-9(13)7-10(8)11/h4-5,7-8,12H,2-3,6,13H2,1H3. The van der Waals surface area contributed by atoms with Crippen molar-refractivity contribution in [3.8, 4) is 0 Å². The van der Waals surface area contributed by atoms with Crippen LogP contribution in [0.4, 0.5) is 5.69 Å². The number of hydrogen-bond acceptors (Lipinski definition) is 1. The summed E-state index contributed by atoms with van der Waals surface area (Å²) in [6, 6.07) is 6.62. The monoisotopic (exact) mass is 193 g/mol. The summed E-state index contributed by atoms with van der Waals surface area (Å²) in [5, 5.41) is 4.76. The van der Waals surface area contributed by atoms with Crippen LogP contribution in [0.1, 0.15) is 31.2 Å². The molecule has 2 heteroatoms. The molecule has 1 aliphatic heterocycles. The van der Waals surface area contributed by atoms with Crippen molar-refractivity contribution < 1.29 is 0 Å². The summed E-state index contributed by atoms with van der Waals surface area (Å²) >= 11 is 0. The maximum absolute atomic E-state index is 3.47. The first kappa shape index (κ1) is 9.02. The summed E-state index contributed by atoms with van der Waals surface area (Å²) in [6.45, 7) is 3.43. The maximum atomic E-state index is 3.47. The van der Waals surface area contributed by atoms with E-state index in [1.54, 1.807) is 0 Å². The highest BCUT2D eigenvalue weighted by atomic mass is 31.0. The Hall–Kier alpha value is -0.550. The minimum Gasteiger partial charge on any atom is -0.385 e. The number of benzene rings is 1. The molecule has 70 valence electrons. The van der Waals surface area contributed by atoms with E-state index in [1.165, 1.54) is 29.4 Å². The number of hydrogen-bond donors (Lipinski definition) is 1. The molecule has 0 bridgehead atoms. The Kier molecular flexibility index (Phi) is 2.55. The Morgan fingerprint density at radius 3 is 3.15 bits per heavy atom. The molecule has 0 radical (unpaired) electrons. The van der Waals surface area contributed by atoms with E-state index in [0.717, 1.165) is 6.54 Å². The minimum absolute atomic E-state index is 0.700. The Labute approximate surface area is 82.1 Å². The first-order valence-electron chi connectivity index (χ1n) is 4.90. The van der Waals surface area contributed by atoms with Crippen LogP contribution >= 0.6 is 9.24 Å². The predicted molar refractivity (Wildman–Crippen MR) is 61.9 cm³/mol. The van der Waals surface area contributed by atoms with E-state index in [1.807, 2.05) is 0 Å². The van der Waals surface area contributed by atoms with Crippen LogP contribution in [0.5, 0.6) is 0 Å². The van der Waals surface area contributed by atoms with Gasteiger partial charge in [-0.2, -0.15) is 0 Å². The van der Waals surface area contributed by atoms with Crippen molar-refractivity contribution in [2.75, 3.05) is 11.9 Å². The Balaban J connectivity index is 2.43. The van der Waals surface area contributed by atoms with Crippen molar-refractivity contribution in [2.24, 2.45) is 0 Å². The lowest BCUT2D eigenvalue weighted by atomic mass is 9.96. The molecule has 0 aliphatic carbocycles. The van der Waals surface area contributed by atoms with Crippen molar-refractivity contribution in [3.05, 3.63) is 23.8 Å². The molecule has 0 saturated carbocycles. The molecule has 2 rings (SSSR count). The van der Waals surface area contributed by atoms with Crippen molar-refractivity contribution in [1.29, 1.82) is 0 Å². The molecule has 2 unspecified atom stereocenters. The molecule has 1 aromatic carbocycles. The molecule has 1 heterocycles. The normalized spacial score (nSPS) is 21.5. The maximum Gasteiger partial charge on any atom is 0.0375 e. The van der Waals surface area contributed by atoms with Crippen LogP contribution in [0.2, 0.25) is 0 Å². The van der Waals surface area contributed by atoms with E-state index in [0.29, 0.717) is 5.92 Å². The van der Waals surface area contributed by atoms with Crippen molar-refractivity contribution in [1.82, 2.24) is 0 Å². The fourth-order valence-corrected chi connectivity index (χ4v) is 2.21. The highest BCUT2D eigenvalue weighted by Gasteiger charge is 2.13. The molecule has 0 amide bonds. The van der Waals surface area contributed by atoms with Crippen LogP contribution in [0.3, 0.4) is 0 Å². The first-order valence-corrected chi connectivity index (χ1v) is 5.48. The minimum atomic E-state index is 0.700. The van der Waals surface area contributed by atoms with Gasteiger partial charge in [-0.3, -0.25) is 0 Å². The average Bonchev–Trinajstić information content (AvgIpc) is 2.29. The lowest BCUT2D eigenvalue weighted by Gasteiger charge is -2.12. The highest BCUT2D eigenvalue weighted by Crippen LogP contribution is 2.29. The molecule has 0 spiro atoms. The molecule has 0 aromatic heterocycles. The first-order chi connectivity index (χ1) is 6.27. The van der Waals surface area contributed by atoms with E-state index in [4.69, 9.17) is 0 Å². The van der Waals surface area contributed by atoms with Gasteiger partial charge < -0.3 is 5.32 Å². The van der Waals surface area contributed by atoms with Gasteiger partial charge in [-0.15, -0.1) is 9.24 Å². The van der Waals surface area contributed by atoms with Gasteiger partial charge in [0, 0.05) is 12.2 Å². The molecule has 13 heavy (non-hydrogen) atoms. The molecule has 0 fully saturated rings. The third-order valence-electron chi connectivity index (χ3n) is 2.74. The lowest BCUT2D eigenvalue weighted by Crippen LogP contribution is -2.02. The van der Waals surface area contributed by atoms with Gasteiger partial charge in [-0.1, -0.05) is 13.0 Å². The lowest BCUT2D eigenvalue weighted by molar-refractivity contribution is 0.668. The molecule has 1 nitrogen and oxygen atoms in total. The summed E-state index contributed by atoms with van der Waals surface area (Å²) in [7, 11) is 2.77. The Morgan fingerprint density at radius 1 is 1.46 bits per heavy atom. The van der Waals surface area contributed by atoms with Crippen LogP contribution in [0, 0.1) is 0 Å². The number of fused-ring (bicyclic) bond motifs is 1. The van der Waals surface area contributed by atoms with Crippen LogP contribution in [-0.2, 0) is 0 Å². The molecule has 2 atom stereocenters. The summed E-state index contributed by atoms with van der Waals surface area (Å²) in [6.07, 6.45) is 2.58. The fourth-order valence-electron chi connectivity index (χ4n) is 1.94. The van der Waals surface area contributed by atoms with Crippen molar-refractivity contribution >= 4 is 20.2 Å². The van der Waals surface area contributed by atoms with E-state index in [9.17, 15) is 0 Å². The average molecular weight is 193 g/mol. The Morgan fingerprint density at radius 2 is 2.31 bits per heavy atom. The topological polar surface area (TPSA) is 12.0 Å². The second-order valence-electron chi connectivity index (χ2n) is 3.82. The van der Waals surface area contributed by atoms with Crippen LogP contribution in [-0.4, -0.2) is 6.54 Å². The van der Waals surface area contributed by atoms with Crippen LogP contribution in [0.25, 0.3) is 0 Å². The van der Waals surface area contributed by atoms with Gasteiger partial charge in [0.05, 0.1) is 0 Å². The second kappa shape index (κ2) is 3.67. The molecule has 1 aromatic rings. The van der Waals surface area contributed by atoms with E-state index >= 15 is 0 Å². The summed E-state index contributed by atoms with van der Waals surface area (Å²) in [5.41, 5.74) is 2.81. The molecular formula is C11H16NP. The fraction of sp³-hybridized carbons (Fsp3) is 0.455. The van der Waals surface area contributed by atoms with Gasteiger partial charge in [-0.05, 0) is 41.8 Å². The van der Waals surface area contributed by atoms with E-state index in [-0.39, 0.29) is 0 Å². The van der Waals surface area contributed by atoms with Gasteiger partial charge in [0.15, 0.2) is 0 Å². The summed E-state index contributed by atoms with van der Waals surface area (Å²) in [5.74, 6) is 0.700. The van der Waals surface area contributed by atoms with Gasteiger partial charge in [0.1, 0.15) is 0 Å². The van der Waals surface area contributed by atoms with E-state index in [2.05, 4.69) is 39.7 Å². The van der Waals surface area contributed by atoms with Crippen LogP contribution < -0.4 is 10.6 Å². The molecule has 1 aliphatic rings. The van der Waals surface area contributed by atoms with Gasteiger partial charge >= 0.3 is 0 Å². The molecule has 1 N–H and O–H groups in total. The molecule has 0 saturated heterocycles. The number of rotatable bonds is 0. The zero-order valence-corrected chi connectivity index (χ0v) is 9.16. The number of anilines is 1. The molecular weight excluding hydrogens is 177 g/mol. The summed E-state index contributed by atoms with van der Waals surface area (Å²) < 4.78 is 0. The smallest absolute Gasteiger partial charge is 0.0375 e. The predicted octanol–water partition coefficient (Wildman–Crippen LogP) is 2.50. The third kappa shape index (κ3) is 1.86. The number of nitrogens with one attached hydrogen (secondary N) is 1. The SMILES string of the molecule is CC1CCCNc2ccc(P)cc21. The largest absolute Gasteiger partial charge is 0.385 e. The zero-order chi connectivity index (χ0) is 9.26. The zero-order valence-electron chi connectivity index (χ0n) is 8.01. The van der Waals surface area contributed by atoms with E-state index < -0.39 is 0 Å². The summed E-state index contributed by atoms with van der Waals surface area (Å²) in [4.78, 5) is 0. The van der Waals surface area contributed by atoms with Gasteiger partial charge in [-0.25, -0.2) is 0 Å². The van der Waals surface area contributed by atoms with Crippen molar-refractivity contribution in [2.45, 2.75) is 25.7 Å². The van der Waals surface area contributed by atoms with Gasteiger partial charge in [0.2, 0.25) is 0 Å². The highest BCUT2D eigenvalue weighted by molar-refractivity contribution is 7.27. The Bertz CT molecular complexity index is 309. The van der Waals surface area contributed by atoms with Crippen LogP contribution in [0.15, 0.2) is 18.2 Å². The quantitative estimate of drug-likeness (QED) is 0.624.